The van der Waals surface area contributed by atoms with Gasteiger partial charge in [0, 0.05) is 49.0 Å². The Balaban J connectivity index is 1.86. The monoisotopic (exact) mass is 861 g/mol. The molecular formula is C43H76N2O13S. The summed E-state index contributed by atoms with van der Waals surface area (Å²) in [5.41, 5.74) is -4.67. The number of carbonyl (C=O) groups is 1. The molecular weight excluding hydrogens is 785 g/mol. The molecule has 3 aliphatic heterocycles. The van der Waals surface area contributed by atoms with Crippen molar-refractivity contribution in [3.8, 4) is 0 Å². The summed E-state index contributed by atoms with van der Waals surface area (Å²) < 4.78 is 44.6. The molecule has 59 heavy (non-hydrogen) atoms. The summed E-state index contributed by atoms with van der Waals surface area (Å²) in [5.74, 6) is -3.75. The van der Waals surface area contributed by atoms with Crippen LogP contribution in [0.4, 0.5) is 0 Å². The number of nitrogens with zero attached hydrogens (tertiary/aromatic N) is 2. The second-order valence-corrected chi connectivity index (χ2v) is 19.7. The zero-order chi connectivity index (χ0) is 44.4. The van der Waals surface area contributed by atoms with Crippen molar-refractivity contribution in [1.82, 2.24) is 9.88 Å². The lowest BCUT2D eigenvalue weighted by atomic mass is 9.73. The van der Waals surface area contributed by atoms with E-state index in [-0.39, 0.29) is 44.1 Å². The van der Waals surface area contributed by atoms with Crippen molar-refractivity contribution in [1.29, 1.82) is 0 Å². The number of likely N-dealkylation sites (N-methyl/N-ethyl adjacent to an activating group) is 1. The van der Waals surface area contributed by atoms with Gasteiger partial charge in [-0.05, 0) is 87.6 Å². The third-order valence-electron chi connectivity index (χ3n) is 13.6. The first kappa shape index (κ1) is 50.3. The molecule has 4 rings (SSSR count). The van der Waals surface area contributed by atoms with Gasteiger partial charge in [0.05, 0.1) is 60.4 Å². The molecule has 0 aliphatic carbocycles. The molecule has 15 nitrogen and oxygen atoms in total. The van der Waals surface area contributed by atoms with Gasteiger partial charge in [-0.1, -0.05) is 27.7 Å². The fraction of sp³-hybridized carbons (Fsp3) is 0.907. The molecule has 342 valence electrons. The van der Waals surface area contributed by atoms with Crippen LogP contribution in [0, 0.1) is 23.7 Å². The second-order valence-electron chi connectivity index (χ2n) is 18.7. The maximum atomic E-state index is 14.4. The van der Waals surface area contributed by atoms with Gasteiger partial charge < -0.3 is 58.7 Å². The summed E-state index contributed by atoms with van der Waals surface area (Å²) in [5, 5.41) is 62.4. The van der Waals surface area contributed by atoms with Crippen molar-refractivity contribution in [2.24, 2.45) is 23.7 Å². The molecule has 3 aliphatic rings. The number of carbonyl (C=O) groups excluding carboxylic acids is 1. The van der Waals surface area contributed by atoms with Crippen molar-refractivity contribution in [2.75, 3.05) is 14.2 Å². The van der Waals surface area contributed by atoms with E-state index in [0.29, 0.717) is 6.42 Å². The normalized spacial score (nSPS) is 45.9. The molecule has 5 N–H and O–H groups in total. The minimum Gasteiger partial charge on any atom is -0.459 e. The summed E-state index contributed by atoms with van der Waals surface area (Å²) in [6.07, 6.45) is -8.11. The number of ether oxygens (including phenoxy) is 7. The van der Waals surface area contributed by atoms with Crippen molar-refractivity contribution >= 4 is 17.3 Å². The number of methoxy groups -OCH3 is 1. The number of aliphatic hydroxyl groups is 5. The van der Waals surface area contributed by atoms with Crippen LogP contribution in [0.1, 0.15) is 114 Å². The minimum atomic E-state index is -1.91. The Morgan fingerprint density at radius 2 is 1.63 bits per heavy atom. The Kier molecular flexibility index (Phi) is 17.4. The van der Waals surface area contributed by atoms with E-state index in [0.717, 1.165) is 5.01 Å². The maximum Gasteiger partial charge on any atom is 0.311 e. The Labute approximate surface area is 356 Å². The van der Waals surface area contributed by atoms with Crippen LogP contribution in [0.15, 0.2) is 11.6 Å². The van der Waals surface area contributed by atoms with Crippen molar-refractivity contribution in [3.05, 3.63) is 16.6 Å². The van der Waals surface area contributed by atoms with E-state index in [1.54, 1.807) is 47.7 Å². The van der Waals surface area contributed by atoms with E-state index < -0.39 is 108 Å². The first-order valence-corrected chi connectivity index (χ1v) is 22.4. The summed E-state index contributed by atoms with van der Waals surface area (Å²) in [6.45, 7) is 21.6. The predicted molar refractivity (Wildman–Crippen MR) is 221 cm³/mol. The summed E-state index contributed by atoms with van der Waals surface area (Å²) in [6, 6.07) is -0.203. The first-order valence-electron chi connectivity index (χ1n) is 21.5. The van der Waals surface area contributed by atoms with Gasteiger partial charge in [-0.3, -0.25) is 9.69 Å². The van der Waals surface area contributed by atoms with Gasteiger partial charge in [-0.15, -0.1) is 11.3 Å². The number of aliphatic hydroxyl groups excluding tert-OH is 3. The predicted octanol–water partition coefficient (Wildman–Crippen LogP) is 4.04. The maximum absolute atomic E-state index is 14.4. The van der Waals surface area contributed by atoms with Gasteiger partial charge >= 0.3 is 5.97 Å². The Morgan fingerprint density at radius 1 is 0.966 bits per heavy atom. The van der Waals surface area contributed by atoms with E-state index in [4.69, 9.17) is 33.2 Å². The molecule has 4 heterocycles. The fourth-order valence-corrected chi connectivity index (χ4v) is 10.2. The topological polar surface area (TPSA) is 199 Å². The van der Waals surface area contributed by atoms with Gasteiger partial charge in [0.1, 0.15) is 28.9 Å². The second kappa shape index (κ2) is 20.4. The average molecular weight is 861 g/mol. The molecule has 0 unspecified atom stereocenters. The lowest BCUT2D eigenvalue weighted by molar-refractivity contribution is -0.319. The molecule has 0 spiro atoms. The van der Waals surface area contributed by atoms with Crippen LogP contribution in [0.3, 0.4) is 0 Å². The SMILES string of the molecule is CC[C@H]1OC(=O)[C@H](C)[C@@H](O[C@H]2C[C@@](C)(OC)[C@@H](O)[C@H](C)O2)[C@H](C)[C@@H](O[C@@H]2O[C@H](C)C[C@H](N(C)C(C)C)[C@H]2O)[C@](C)(O)C[C@@H](C)[C@H](OCc2nccs2)[C@H](C)[C@@H](O)[C@]1(C)O. The zero-order valence-electron chi connectivity index (χ0n) is 37.8. The molecule has 1 aromatic heterocycles. The van der Waals surface area contributed by atoms with E-state index >= 15 is 0 Å². The summed E-state index contributed by atoms with van der Waals surface area (Å²) in [7, 11) is 3.45. The van der Waals surface area contributed by atoms with Gasteiger partial charge in [-0.2, -0.15) is 0 Å². The van der Waals surface area contributed by atoms with Gasteiger partial charge in [0.15, 0.2) is 12.6 Å². The molecule has 3 fully saturated rings. The number of esters is 1. The van der Waals surface area contributed by atoms with Crippen LogP contribution in [0.5, 0.6) is 0 Å². The minimum absolute atomic E-state index is 0.0606. The van der Waals surface area contributed by atoms with Crippen LogP contribution in [0.25, 0.3) is 0 Å². The molecule has 19 atom stereocenters. The Bertz CT molecular complexity index is 1450. The van der Waals surface area contributed by atoms with Crippen LogP contribution in [-0.2, 0) is 44.6 Å². The highest BCUT2D eigenvalue weighted by Gasteiger charge is 2.54. The van der Waals surface area contributed by atoms with Crippen molar-refractivity contribution in [2.45, 2.75) is 212 Å². The number of rotatable bonds is 11. The van der Waals surface area contributed by atoms with Gasteiger partial charge in [0.2, 0.25) is 0 Å². The molecule has 0 radical (unpaired) electrons. The number of aromatic nitrogens is 1. The molecule has 3 saturated heterocycles. The molecule has 1 aromatic rings. The third-order valence-corrected chi connectivity index (χ3v) is 14.3. The largest absolute Gasteiger partial charge is 0.459 e. The van der Waals surface area contributed by atoms with Crippen LogP contribution < -0.4 is 0 Å². The Hall–Kier alpha value is -1.38. The highest BCUT2D eigenvalue weighted by molar-refractivity contribution is 7.09. The number of thiazole rings is 1. The molecule has 0 bridgehead atoms. The van der Waals surface area contributed by atoms with Crippen LogP contribution in [0.2, 0.25) is 0 Å². The Morgan fingerprint density at radius 3 is 2.20 bits per heavy atom. The molecule has 0 aromatic carbocycles. The number of hydrogen-bond donors (Lipinski definition) is 5. The van der Waals surface area contributed by atoms with E-state index in [9.17, 15) is 30.3 Å². The molecule has 0 amide bonds. The fourth-order valence-electron chi connectivity index (χ4n) is 9.66. The lowest BCUT2D eigenvalue weighted by Gasteiger charge is -2.50. The smallest absolute Gasteiger partial charge is 0.311 e. The summed E-state index contributed by atoms with van der Waals surface area (Å²) in [4.78, 5) is 20.9. The van der Waals surface area contributed by atoms with E-state index in [1.165, 1.54) is 25.4 Å². The average Bonchev–Trinajstić information content (AvgIpc) is 3.69. The van der Waals surface area contributed by atoms with Gasteiger partial charge in [0.25, 0.3) is 0 Å². The highest BCUT2D eigenvalue weighted by Crippen LogP contribution is 2.42. The number of hydrogen-bond acceptors (Lipinski definition) is 16. The highest BCUT2D eigenvalue weighted by atomic mass is 32.1. The van der Waals surface area contributed by atoms with Gasteiger partial charge in [-0.25, -0.2) is 4.98 Å². The summed E-state index contributed by atoms with van der Waals surface area (Å²) >= 11 is 1.42. The van der Waals surface area contributed by atoms with Crippen LogP contribution in [-0.4, -0.2) is 152 Å². The quantitative estimate of drug-likeness (QED) is 0.200. The van der Waals surface area contributed by atoms with Crippen molar-refractivity contribution in [3.63, 3.8) is 0 Å². The van der Waals surface area contributed by atoms with Crippen LogP contribution >= 0.6 is 11.3 Å². The van der Waals surface area contributed by atoms with E-state index in [2.05, 4.69) is 9.88 Å². The standard InChI is InChI=1S/C43H76N2O13S/c1-15-30-43(12,51)36(47)25(6)34(53-21-31-44-16-17-59-31)23(4)19-41(10,50)38(58-40-33(46)29(18-24(5)54-40)45(13)22(2)3)26(7)35(27(8)39(49)56-30)57-32-20-42(11,52-14)37(48)28(9)55-32/h16-17,22-30,32-38,40,46-48,50-51H,15,18-21H2,1-14H3/t23-,24-,25+,26+,27-,28+,29+,30-,32+,33-,34+,35+,36-,37+,38-,40+,41-,42-,43-/m1/s1. The lowest BCUT2D eigenvalue weighted by Crippen LogP contribution is -2.62. The zero-order valence-corrected chi connectivity index (χ0v) is 38.6. The third kappa shape index (κ3) is 11.4. The van der Waals surface area contributed by atoms with E-state index in [1.807, 2.05) is 47.0 Å². The molecule has 0 saturated carbocycles. The van der Waals surface area contributed by atoms with Crippen molar-refractivity contribution < 1.29 is 63.5 Å². The number of cyclic esters (lactones) is 1. The first-order chi connectivity index (χ1) is 27.4. The molecule has 16 heteroatoms.